The SMILES string of the molecule is CCOc1ccc(N2C[C@@H](CNS(=O)(=O)c3ccc(F)cc3F)CC2=O)cc1. The van der Waals surface area contributed by atoms with Crippen LogP contribution in [0.15, 0.2) is 47.4 Å². The standard InChI is InChI=1S/C19H20F2N2O4S/c1-2-27-16-6-4-15(5-7-16)23-12-13(9-19(23)24)11-22-28(25,26)18-8-3-14(20)10-17(18)21/h3-8,10,13,22H,2,9,11-12H2,1H3/t13-/m1/s1. The summed E-state index contributed by atoms with van der Waals surface area (Å²) in [6, 6.07) is 9.33. The average Bonchev–Trinajstić information content (AvgIpc) is 3.01. The third-order valence-corrected chi connectivity index (χ3v) is 5.87. The summed E-state index contributed by atoms with van der Waals surface area (Å²) in [7, 11) is -4.14. The van der Waals surface area contributed by atoms with Crippen molar-refractivity contribution in [3.63, 3.8) is 0 Å². The first-order valence-corrected chi connectivity index (χ1v) is 10.3. The topological polar surface area (TPSA) is 75.7 Å². The Morgan fingerprint density at radius 1 is 1.18 bits per heavy atom. The summed E-state index contributed by atoms with van der Waals surface area (Å²) >= 11 is 0. The third-order valence-electron chi connectivity index (χ3n) is 4.41. The zero-order valence-electron chi connectivity index (χ0n) is 15.2. The highest BCUT2D eigenvalue weighted by molar-refractivity contribution is 7.89. The molecule has 1 N–H and O–H groups in total. The Labute approximate surface area is 162 Å². The van der Waals surface area contributed by atoms with Crippen LogP contribution in [0.4, 0.5) is 14.5 Å². The fourth-order valence-corrected chi connectivity index (χ4v) is 4.23. The minimum atomic E-state index is -4.14. The zero-order chi connectivity index (χ0) is 20.3. The second-order valence-corrected chi connectivity index (χ2v) is 8.16. The number of carbonyl (C=O) groups excluding carboxylic acids is 1. The molecule has 0 aliphatic carbocycles. The Balaban J connectivity index is 1.64. The van der Waals surface area contributed by atoms with Gasteiger partial charge >= 0.3 is 0 Å². The average molecular weight is 410 g/mol. The summed E-state index contributed by atoms with van der Waals surface area (Å²) in [6.07, 6.45) is 0.168. The molecule has 0 radical (unpaired) electrons. The largest absolute Gasteiger partial charge is 0.494 e. The molecule has 3 rings (SSSR count). The molecule has 0 saturated carbocycles. The first kappa shape index (κ1) is 20.2. The highest BCUT2D eigenvalue weighted by atomic mass is 32.2. The smallest absolute Gasteiger partial charge is 0.243 e. The van der Waals surface area contributed by atoms with Gasteiger partial charge in [-0.1, -0.05) is 0 Å². The highest BCUT2D eigenvalue weighted by Gasteiger charge is 2.32. The van der Waals surface area contributed by atoms with E-state index >= 15 is 0 Å². The summed E-state index contributed by atoms with van der Waals surface area (Å²) in [5.74, 6) is -1.71. The van der Waals surface area contributed by atoms with Crippen LogP contribution >= 0.6 is 0 Å². The van der Waals surface area contributed by atoms with Gasteiger partial charge in [-0.25, -0.2) is 21.9 Å². The number of amides is 1. The molecular weight excluding hydrogens is 390 g/mol. The normalized spacial score (nSPS) is 17.2. The second kappa shape index (κ2) is 8.24. The maximum atomic E-state index is 13.7. The number of halogens is 2. The molecule has 6 nitrogen and oxygen atoms in total. The number of nitrogens with zero attached hydrogens (tertiary/aromatic N) is 1. The molecular formula is C19H20F2N2O4S. The van der Waals surface area contributed by atoms with Crippen LogP contribution in [-0.4, -0.2) is 34.0 Å². The molecule has 1 aliphatic heterocycles. The van der Waals surface area contributed by atoms with Gasteiger partial charge in [0.05, 0.1) is 6.61 Å². The lowest BCUT2D eigenvalue weighted by atomic mass is 10.1. The van der Waals surface area contributed by atoms with Crippen molar-refractivity contribution in [1.29, 1.82) is 0 Å². The predicted octanol–water partition coefficient (Wildman–Crippen LogP) is 2.69. The molecule has 1 atom stereocenters. The van der Waals surface area contributed by atoms with Gasteiger partial charge in [0.15, 0.2) is 0 Å². The number of hydrogen-bond acceptors (Lipinski definition) is 4. The lowest BCUT2D eigenvalue weighted by Crippen LogP contribution is -2.31. The molecule has 2 aromatic rings. The lowest BCUT2D eigenvalue weighted by molar-refractivity contribution is -0.117. The molecule has 1 heterocycles. The quantitative estimate of drug-likeness (QED) is 0.762. The van der Waals surface area contributed by atoms with E-state index in [-0.39, 0.29) is 24.8 Å². The maximum Gasteiger partial charge on any atom is 0.243 e. The van der Waals surface area contributed by atoms with Gasteiger partial charge in [0.2, 0.25) is 15.9 Å². The van der Waals surface area contributed by atoms with Gasteiger partial charge in [-0.05, 0) is 49.2 Å². The Morgan fingerprint density at radius 2 is 1.89 bits per heavy atom. The van der Waals surface area contributed by atoms with Crippen LogP contribution in [-0.2, 0) is 14.8 Å². The number of rotatable bonds is 7. The molecule has 9 heteroatoms. The van der Waals surface area contributed by atoms with E-state index in [1.807, 2.05) is 6.92 Å². The Bertz CT molecular complexity index is 964. The fraction of sp³-hybridized carbons (Fsp3) is 0.316. The van der Waals surface area contributed by atoms with E-state index in [2.05, 4.69) is 4.72 Å². The van der Waals surface area contributed by atoms with E-state index in [1.54, 1.807) is 29.2 Å². The number of nitrogens with one attached hydrogen (secondary N) is 1. The molecule has 28 heavy (non-hydrogen) atoms. The van der Waals surface area contributed by atoms with Crippen LogP contribution in [0.3, 0.4) is 0 Å². The molecule has 1 amide bonds. The van der Waals surface area contributed by atoms with E-state index in [4.69, 9.17) is 4.74 Å². The third kappa shape index (κ3) is 4.48. The van der Waals surface area contributed by atoms with Gasteiger partial charge in [0.25, 0.3) is 0 Å². The number of benzene rings is 2. The van der Waals surface area contributed by atoms with Crippen molar-refractivity contribution in [3.05, 3.63) is 54.1 Å². The van der Waals surface area contributed by atoms with Gasteiger partial charge < -0.3 is 9.64 Å². The molecule has 2 aromatic carbocycles. The molecule has 0 aromatic heterocycles. The van der Waals surface area contributed by atoms with Gasteiger partial charge in [-0.2, -0.15) is 0 Å². The number of hydrogen-bond donors (Lipinski definition) is 1. The highest BCUT2D eigenvalue weighted by Crippen LogP contribution is 2.27. The minimum absolute atomic E-state index is 0.0293. The van der Waals surface area contributed by atoms with E-state index in [0.29, 0.717) is 30.7 Å². The summed E-state index contributed by atoms with van der Waals surface area (Å²) < 4.78 is 58.9. The number of anilines is 1. The van der Waals surface area contributed by atoms with E-state index < -0.39 is 26.6 Å². The Kier molecular flexibility index (Phi) is 5.95. The van der Waals surface area contributed by atoms with Gasteiger partial charge in [0, 0.05) is 31.3 Å². The first-order chi connectivity index (χ1) is 13.3. The minimum Gasteiger partial charge on any atom is -0.494 e. The van der Waals surface area contributed by atoms with E-state index in [1.165, 1.54) is 0 Å². The van der Waals surface area contributed by atoms with Crippen molar-refractivity contribution in [2.45, 2.75) is 18.2 Å². The molecule has 0 unspecified atom stereocenters. The molecule has 1 aliphatic rings. The van der Waals surface area contributed by atoms with Crippen LogP contribution in [0.5, 0.6) is 5.75 Å². The summed E-state index contributed by atoms with van der Waals surface area (Å²) in [5.41, 5.74) is 0.698. The van der Waals surface area contributed by atoms with E-state index in [0.717, 1.165) is 12.1 Å². The summed E-state index contributed by atoms with van der Waals surface area (Å²) in [6.45, 7) is 2.72. The monoisotopic (exact) mass is 410 g/mol. The number of ether oxygens (including phenoxy) is 1. The van der Waals surface area contributed by atoms with Crippen molar-refractivity contribution >= 4 is 21.6 Å². The molecule has 1 saturated heterocycles. The van der Waals surface area contributed by atoms with E-state index in [9.17, 15) is 22.0 Å². The Hall–Kier alpha value is -2.52. The number of sulfonamides is 1. The molecule has 1 fully saturated rings. The van der Waals surface area contributed by atoms with Crippen LogP contribution in [0.1, 0.15) is 13.3 Å². The molecule has 150 valence electrons. The summed E-state index contributed by atoms with van der Waals surface area (Å²) in [5, 5.41) is 0. The lowest BCUT2D eigenvalue weighted by Gasteiger charge is -2.17. The van der Waals surface area contributed by atoms with Crippen LogP contribution in [0.25, 0.3) is 0 Å². The number of carbonyl (C=O) groups is 1. The maximum absolute atomic E-state index is 13.7. The van der Waals surface area contributed by atoms with Crippen molar-refractivity contribution in [2.75, 3.05) is 24.6 Å². The van der Waals surface area contributed by atoms with Crippen LogP contribution in [0, 0.1) is 17.6 Å². The van der Waals surface area contributed by atoms with Gasteiger partial charge in [0.1, 0.15) is 22.3 Å². The van der Waals surface area contributed by atoms with Crippen LogP contribution in [0.2, 0.25) is 0 Å². The van der Waals surface area contributed by atoms with Gasteiger partial charge in [-0.15, -0.1) is 0 Å². The van der Waals surface area contributed by atoms with Crippen LogP contribution < -0.4 is 14.4 Å². The first-order valence-electron chi connectivity index (χ1n) is 8.78. The van der Waals surface area contributed by atoms with Crippen molar-refractivity contribution < 1.29 is 26.7 Å². The predicted molar refractivity (Wildman–Crippen MR) is 99.6 cm³/mol. The summed E-state index contributed by atoms with van der Waals surface area (Å²) in [4.78, 5) is 13.3. The van der Waals surface area contributed by atoms with Crippen molar-refractivity contribution in [3.8, 4) is 5.75 Å². The Morgan fingerprint density at radius 3 is 2.54 bits per heavy atom. The fourth-order valence-electron chi connectivity index (χ4n) is 3.06. The zero-order valence-corrected chi connectivity index (χ0v) is 16.0. The van der Waals surface area contributed by atoms with Gasteiger partial charge in [-0.3, -0.25) is 4.79 Å². The van der Waals surface area contributed by atoms with Crippen molar-refractivity contribution in [2.24, 2.45) is 5.92 Å². The van der Waals surface area contributed by atoms with Crippen molar-refractivity contribution in [1.82, 2.24) is 4.72 Å². The molecule has 0 bridgehead atoms. The second-order valence-electron chi connectivity index (χ2n) is 6.43. The molecule has 0 spiro atoms.